The maximum atomic E-state index is 12.6. The van der Waals surface area contributed by atoms with Crippen molar-refractivity contribution in [2.75, 3.05) is 10.0 Å². The summed E-state index contributed by atoms with van der Waals surface area (Å²) >= 11 is 5.98. The Morgan fingerprint density at radius 3 is 2.48 bits per heavy atom. The molecule has 8 heteroatoms. The van der Waals surface area contributed by atoms with E-state index in [4.69, 9.17) is 16.3 Å². The first kappa shape index (κ1) is 17.4. The van der Waals surface area contributed by atoms with Crippen molar-refractivity contribution in [3.63, 3.8) is 0 Å². The summed E-state index contributed by atoms with van der Waals surface area (Å²) in [6.45, 7) is 0. The zero-order chi connectivity index (χ0) is 19.0. The van der Waals surface area contributed by atoms with Crippen molar-refractivity contribution >= 4 is 38.9 Å². The number of fused-ring (bicyclic) bond motifs is 2. The van der Waals surface area contributed by atoms with Crippen molar-refractivity contribution in [2.45, 2.75) is 4.90 Å². The van der Waals surface area contributed by atoms with Crippen LogP contribution in [0.1, 0.15) is 10.4 Å². The van der Waals surface area contributed by atoms with E-state index in [1.54, 1.807) is 42.5 Å². The molecular formula is C19H13ClN2O4S. The minimum atomic E-state index is -3.91. The van der Waals surface area contributed by atoms with Crippen molar-refractivity contribution < 1.29 is 17.9 Å². The van der Waals surface area contributed by atoms with Gasteiger partial charge in [0.15, 0.2) is 5.75 Å². The van der Waals surface area contributed by atoms with E-state index in [2.05, 4.69) is 10.0 Å². The largest absolute Gasteiger partial charge is 0.454 e. The summed E-state index contributed by atoms with van der Waals surface area (Å²) in [6, 6.07) is 17.6. The molecule has 0 aromatic heterocycles. The molecule has 0 spiro atoms. The molecule has 0 fully saturated rings. The average Bonchev–Trinajstić information content (AvgIpc) is 2.77. The Morgan fingerprint density at radius 1 is 0.926 bits per heavy atom. The van der Waals surface area contributed by atoms with E-state index in [9.17, 15) is 13.2 Å². The molecule has 0 saturated heterocycles. The average molecular weight is 401 g/mol. The highest BCUT2D eigenvalue weighted by atomic mass is 35.5. The molecule has 4 rings (SSSR count). The van der Waals surface area contributed by atoms with E-state index >= 15 is 0 Å². The minimum absolute atomic E-state index is 0.0466. The standard InChI is InChI=1S/C19H13ClN2O4S/c20-14-5-1-4-8-18(14)27(24,25)22-12-9-10-16-13(11-12)19(23)21-15-6-2-3-7-17(15)26-16/h1-11,22H,(H,21,23). The molecule has 0 aliphatic carbocycles. The molecule has 1 aliphatic rings. The molecule has 1 amide bonds. The molecule has 0 atom stereocenters. The van der Waals surface area contributed by atoms with Gasteiger partial charge in [0.1, 0.15) is 10.6 Å². The van der Waals surface area contributed by atoms with Gasteiger partial charge in [-0.1, -0.05) is 35.9 Å². The fraction of sp³-hybridized carbons (Fsp3) is 0. The normalized spacial score (nSPS) is 12.9. The number of hydrogen-bond acceptors (Lipinski definition) is 4. The van der Waals surface area contributed by atoms with Crippen LogP contribution in [0.5, 0.6) is 11.5 Å². The lowest BCUT2D eigenvalue weighted by Crippen LogP contribution is -2.15. The lowest BCUT2D eigenvalue weighted by Gasteiger charge is -2.12. The SMILES string of the molecule is O=C1Nc2ccccc2Oc2ccc(NS(=O)(=O)c3ccccc3Cl)cc21. The number of nitrogens with one attached hydrogen (secondary N) is 2. The van der Waals surface area contributed by atoms with E-state index < -0.39 is 15.9 Å². The van der Waals surface area contributed by atoms with Crippen LogP contribution in [0.2, 0.25) is 5.02 Å². The lowest BCUT2D eigenvalue weighted by atomic mass is 10.1. The van der Waals surface area contributed by atoms with Crippen molar-refractivity contribution in [2.24, 2.45) is 0 Å². The quantitative estimate of drug-likeness (QED) is 0.678. The summed E-state index contributed by atoms with van der Waals surface area (Å²) < 4.78 is 33.4. The highest BCUT2D eigenvalue weighted by Crippen LogP contribution is 2.36. The van der Waals surface area contributed by atoms with E-state index in [0.29, 0.717) is 17.2 Å². The number of amides is 1. The monoisotopic (exact) mass is 400 g/mol. The molecule has 6 nitrogen and oxygen atoms in total. The van der Waals surface area contributed by atoms with Gasteiger partial charge in [-0.15, -0.1) is 0 Å². The molecule has 3 aromatic carbocycles. The van der Waals surface area contributed by atoms with E-state index in [-0.39, 0.29) is 21.2 Å². The van der Waals surface area contributed by atoms with Crippen LogP contribution in [0.4, 0.5) is 11.4 Å². The van der Waals surface area contributed by atoms with Gasteiger partial charge >= 0.3 is 0 Å². The lowest BCUT2D eigenvalue weighted by molar-refractivity contribution is 0.102. The number of anilines is 2. The summed E-state index contributed by atoms with van der Waals surface area (Å²) in [4.78, 5) is 12.5. The molecule has 0 unspecified atom stereocenters. The molecular weight excluding hydrogens is 388 g/mol. The third-order valence-corrected chi connectivity index (χ3v) is 5.84. The Kier molecular flexibility index (Phi) is 4.25. The van der Waals surface area contributed by atoms with Gasteiger partial charge in [-0.25, -0.2) is 8.42 Å². The molecule has 0 bridgehead atoms. The van der Waals surface area contributed by atoms with Gasteiger partial charge in [0.25, 0.3) is 15.9 Å². The zero-order valence-corrected chi connectivity index (χ0v) is 15.3. The fourth-order valence-corrected chi connectivity index (χ4v) is 4.27. The maximum Gasteiger partial charge on any atom is 0.263 e. The van der Waals surface area contributed by atoms with Crippen LogP contribution in [-0.2, 0) is 10.0 Å². The number of ether oxygens (including phenoxy) is 1. The molecule has 136 valence electrons. The number of carbonyl (C=O) groups excluding carboxylic acids is 1. The molecule has 1 heterocycles. The molecule has 0 radical (unpaired) electrons. The van der Waals surface area contributed by atoms with Crippen molar-refractivity contribution in [3.05, 3.63) is 77.3 Å². The smallest absolute Gasteiger partial charge is 0.263 e. The van der Waals surface area contributed by atoms with Crippen molar-refractivity contribution in [1.82, 2.24) is 0 Å². The fourth-order valence-electron chi connectivity index (χ4n) is 2.70. The number of carbonyl (C=O) groups is 1. The Hall–Kier alpha value is -3.03. The molecule has 1 aliphatic heterocycles. The number of sulfonamides is 1. The van der Waals surface area contributed by atoms with E-state index in [1.807, 2.05) is 0 Å². The number of hydrogen-bond donors (Lipinski definition) is 2. The summed E-state index contributed by atoms with van der Waals surface area (Å²) in [5.41, 5.74) is 0.973. The highest BCUT2D eigenvalue weighted by molar-refractivity contribution is 7.92. The van der Waals surface area contributed by atoms with E-state index in [0.717, 1.165) is 0 Å². The Morgan fingerprint density at radius 2 is 1.67 bits per heavy atom. The predicted octanol–water partition coefficient (Wildman–Crippen LogP) is 4.50. The summed E-state index contributed by atoms with van der Waals surface area (Å²) in [7, 11) is -3.91. The predicted molar refractivity (Wildman–Crippen MR) is 103 cm³/mol. The highest BCUT2D eigenvalue weighted by Gasteiger charge is 2.23. The molecule has 27 heavy (non-hydrogen) atoms. The Bertz CT molecular complexity index is 1160. The molecule has 2 N–H and O–H groups in total. The minimum Gasteiger partial charge on any atom is -0.454 e. The third kappa shape index (κ3) is 3.34. The van der Waals surface area contributed by atoms with Crippen LogP contribution < -0.4 is 14.8 Å². The van der Waals surface area contributed by atoms with Crippen LogP contribution in [-0.4, -0.2) is 14.3 Å². The topological polar surface area (TPSA) is 84.5 Å². The van der Waals surface area contributed by atoms with Crippen LogP contribution >= 0.6 is 11.6 Å². The van der Waals surface area contributed by atoms with Gasteiger partial charge in [0, 0.05) is 5.69 Å². The van der Waals surface area contributed by atoms with Gasteiger partial charge in [-0.05, 0) is 42.5 Å². The number of rotatable bonds is 3. The first-order valence-corrected chi connectivity index (χ1v) is 9.80. The van der Waals surface area contributed by atoms with Gasteiger partial charge in [-0.2, -0.15) is 0 Å². The second-order valence-corrected chi connectivity index (χ2v) is 7.86. The maximum absolute atomic E-state index is 12.6. The van der Waals surface area contributed by atoms with Crippen LogP contribution in [0.3, 0.4) is 0 Å². The van der Waals surface area contributed by atoms with Gasteiger partial charge in [-0.3, -0.25) is 9.52 Å². The summed E-state index contributed by atoms with van der Waals surface area (Å²) in [6.07, 6.45) is 0. The van der Waals surface area contributed by atoms with Gasteiger partial charge in [0.05, 0.1) is 16.3 Å². The number of benzene rings is 3. The summed E-state index contributed by atoms with van der Waals surface area (Å²) in [5.74, 6) is 0.445. The number of halogens is 1. The van der Waals surface area contributed by atoms with Gasteiger partial charge in [0.2, 0.25) is 0 Å². The van der Waals surface area contributed by atoms with Crippen molar-refractivity contribution in [1.29, 1.82) is 0 Å². The second-order valence-electron chi connectivity index (χ2n) is 5.80. The molecule has 0 saturated carbocycles. The first-order chi connectivity index (χ1) is 12.9. The van der Waals surface area contributed by atoms with Crippen LogP contribution in [0, 0.1) is 0 Å². The summed E-state index contributed by atoms with van der Waals surface area (Å²) in [5, 5.41) is 2.85. The first-order valence-electron chi connectivity index (χ1n) is 7.94. The second kappa shape index (κ2) is 6.61. The van der Waals surface area contributed by atoms with E-state index in [1.165, 1.54) is 24.3 Å². The van der Waals surface area contributed by atoms with Crippen molar-refractivity contribution in [3.8, 4) is 11.5 Å². The Labute approximate surface area is 160 Å². The third-order valence-electron chi connectivity index (χ3n) is 3.96. The molecule has 3 aromatic rings. The zero-order valence-electron chi connectivity index (χ0n) is 13.8. The van der Waals surface area contributed by atoms with Gasteiger partial charge < -0.3 is 10.1 Å². The Balaban J connectivity index is 1.69. The number of para-hydroxylation sites is 2. The van der Waals surface area contributed by atoms with Crippen LogP contribution in [0.15, 0.2) is 71.6 Å². The van der Waals surface area contributed by atoms with Crippen LogP contribution in [0.25, 0.3) is 0 Å².